The summed E-state index contributed by atoms with van der Waals surface area (Å²) in [6, 6.07) is 6.60. The zero-order valence-corrected chi connectivity index (χ0v) is 15.6. The van der Waals surface area contributed by atoms with E-state index in [0.717, 1.165) is 5.56 Å². The van der Waals surface area contributed by atoms with Crippen LogP contribution in [-0.2, 0) is 17.9 Å². The standard InChI is InChI=1S/C16H14Cl2N6O3/c1-10-4-15(24(26)27)21-23(10)9-16(25)20-12-6-19-22(8-12)7-11-2-3-13(17)14(18)5-11/h2-6,8H,7,9H2,1H3,(H,20,25). The first-order chi connectivity index (χ1) is 12.8. The molecule has 0 aliphatic heterocycles. The number of nitrogens with zero attached hydrogens (tertiary/aromatic N) is 5. The van der Waals surface area contributed by atoms with Crippen LogP contribution in [0.1, 0.15) is 11.3 Å². The Balaban J connectivity index is 1.62. The zero-order valence-electron chi connectivity index (χ0n) is 14.1. The van der Waals surface area contributed by atoms with Crippen LogP contribution >= 0.6 is 23.2 Å². The van der Waals surface area contributed by atoms with Crippen LogP contribution in [0.25, 0.3) is 0 Å². The summed E-state index contributed by atoms with van der Waals surface area (Å²) in [6.07, 6.45) is 3.17. The summed E-state index contributed by atoms with van der Waals surface area (Å²) in [4.78, 5) is 22.3. The van der Waals surface area contributed by atoms with Crippen molar-refractivity contribution in [3.8, 4) is 0 Å². The molecule has 1 aromatic carbocycles. The Kier molecular flexibility index (Phi) is 5.43. The molecule has 2 heterocycles. The average Bonchev–Trinajstić information content (AvgIpc) is 3.18. The number of aromatic nitrogens is 4. The lowest BCUT2D eigenvalue weighted by Gasteiger charge is -2.04. The quantitative estimate of drug-likeness (QED) is 0.497. The fourth-order valence-corrected chi connectivity index (χ4v) is 2.74. The highest BCUT2D eigenvalue weighted by molar-refractivity contribution is 6.42. The van der Waals surface area contributed by atoms with Gasteiger partial charge in [-0.1, -0.05) is 29.3 Å². The van der Waals surface area contributed by atoms with E-state index in [-0.39, 0.29) is 18.3 Å². The van der Waals surface area contributed by atoms with Crippen molar-refractivity contribution in [1.82, 2.24) is 19.6 Å². The third-order valence-electron chi connectivity index (χ3n) is 3.69. The Bertz CT molecular complexity index is 1010. The van der Waals surface area contributed by atoms with E-state index in [1.54, 1.807) is 29.9 Å². The van der Waals surface area contributed by atoms with Gasteiger partial charge in [0.25, 0.3) is 0 Å². The number of carbonyl (C=O) groups excluding carboxylic acids is 1. The number of hydrogen-bond donors (Lipinski definition) is 1. The van der Waals surface area contributed by atoms with Crippen LogP contribution in [-0.4, -0.2) is 30.4 Å². The van der Waals surface area contributed by atoms with E-state index in [2.05, 4.69) is 15.5 Å². The summed E-state index contributed by atoms with van der Waals surface area (Å²) in [6.45, 7) is 1.96. The molecular weight excluding hydrogens is 395 g/mol. The molecule has 0 unspecified atom stereocenters. The highest BCUT2D eigenvalue weighted by atomic mass is 35.5. The van der Waals surface area contributed by atoms with E-state index in [9.17, 15) is 14.9 Å². The molecule has 0 fully saturated rings. The van der Waals surface area contributed by atoms with Gasteiger partial charge >= 0.3 is 5.82 Å². The Labute approximate surface area is 163 Å². The van der Waals surface area contributed by atoms with E-state index in [1.807, 2.05) is 6.07 Å². The van der Waals surface area contributed by atoms with Crippen molar-refractivity contribution < 1.29 is 9.72 Å². The largest absolute Gasteiger partial charge is 0.390 e. The van der Waals surface area contributed by atoms with Crippen molar-refractivity contribution in [2.24, 2.45) is 0 Å². The predicted molar refractivity (Wildman–Crippen MR) is 100 cm³/mol. The third-order valence-corrected chi connectivity index (χ3v) is 4.43. The van der Waals surface area contributed by atoms with E-state index < -0.39 is 4.92 Å². The number of carbonyl (C=O) groups is 1. The minimum Gasteiger partial charge on any atom is -0.358 e. The monoisotopic (exact) mass is 408 g/mol. The Morgan fingerprint density at radius 2 is 2.07 bits per heavy atom. The lowest BCUT2D eigenvalue weighted by Crippen LogP contribution is -2.20. The first-order valence-electron chi connectivity index (χ1n) is 7.77. The van der Waals surface area contributed by atoms with Gasteiger partial charge < -0.3 is 15.4 Å². The van der Waals surface area contributed by atoms with Gasteiger partial charge in [-0.3, -0.25) is 9.48 Å². The van der Waals surface area contributed by atoms with Gasteiger partial charge in [-0.15, -0.1) is 0 Å². The van der Waals surface area contributed by atoms with E-state index in [0.29, 0.717) is 28.0 Å². The molecule has 9 nitrogen and oxygen atoms in total. The second-order valence-electron chi connectivity index (χ2n) is 5.78. The summed E-state index contributed by atoms with van der Waals surface area (Å²) in [7, 11) is 0. The van der Waals surface area contributed by atoms with Gasteiger partial charge in [0.1, 0.15) is 6.54 Å². The number of halogens is 2. The molecule has 0 atom stereocenters. The first kappa shape index (κ1) is 18.9. The van der Waals surface area contributed by atoms with Crippen molar-refractivity contribution in [1.29, 1.82) is 0 Å². The smallest absolute Gasteiger partial charge is 0.358 e. The second-order valence-corrected chi connectivity index (χ2v) is 6.60. The van der Waals surface area contributed by atoms with E-state index >= 15 is 0 Å². The molecule has 27 heavy (non-hydrogen) atoms. The van der Waals surface area contributed by atoms with E-state index in [4.69, 9.17) is 23.2 Å². The number of benzene rings is 1. The van der Waals surface area contributed by atoms with Crippen LogP contribution in [0.4, 0.5) is 11.5 Å². The fourth-order valence-electron chi connectivity index (χ4n) is 2.42. The maximum Gasteiger partial charge on any atom is 0.390 e. The van der Waals surface area contributed by atoms with Crippen molar-refractivity contribution in [3.05, 3.63) is 68.1 Å². The minimum absolute atomic E-state index is 0.141. The number of amides is 1. The van der Waals surface area contributed by atoms with Crippen molar-refractivity contribution >= 4 is 40.6 Å². The molecule has 0 saturated heterocycles. The highest BCUT2D eigenvalue weighted by Crippen LogP contribution is 2.23. The van der Waals surface area contributed by atoms with Crippen LogP contribution in [0, 0.1) is 17.0 Å². The average molecular weight is 409 g/mol. The maximum absolute atomic E-state index is 12.2. The molecule has 3 aromatic rings. The minimum atomic E-state index is -0.603. The molecule has 0 aliphatic rings. The maximum atomic E-state index is 12.2. The molecule has 1 N–H and O–H groups in total. The lowest BCUT2D eigenvalue weighted by molar-refractivity contribution is -0.389. The topological polar surface area (TPSA) is 108 Å². The van der Waals surface area contributed by atoms with Gasteiger partial charge in [-0.2, -0.15) is 9.78 Å². The fraction of sp³-hybridized carbons (Fsp3) is 0.188. The van der Waals surface area contributed by atoms with Gasteiger partial charge in [0, 0.05) is 6.20 Å². The molecule has 2 aromatic heterocycles. The number of anilines is 1. The molecular formula is C16H14Cl2N6O3. The van der Waals surface area contributed by atoms with Crippen molar-refractivity contribution in [2.45, 2.75) is 20.0 Å². The second kappa shape index (κ2) is 7.77. The summed E-state index contributed by atoms with van der Waals surface area (Å²) in [5.74, 6) is -0.667. The Morgan fingerprint density at radius 1 is 1.30 bits per heavy atom. The van der Waals surface area contributed by atoms with Gasteiger partial charge in [-0.05, 0) is 29.5 Å². The SMILES string of the molecule is Cc1cc([N+](=O)[O-])nn1CC(=O)Nc1cnn(Cc2ccc(Cl)c(Cl)c2)c1. The zero-order chi connectivity index (χ0) is 19.6. The Hall–Kier alpha value is -2.91. The van der Waals surface area contributed by atoms with Gasteiger partial charge in [-0.25, -0.2) is 0 Å². The van der Waals surface area contributed by atoms with Crippen molar-refractivity contribution in [2.75, 3.05) is 5.32 Å². The third kappa shape index (κ3) is 4.63. The summed E-state index contributed by atoms with van der Waals surface area (Å²) in [5, 5.41) is 22.3. The molecule has 0 spiro atoms. The number of nitrogens with one attached hydrogen (secondary N) is 1. The van der Waals surface area contributed by atoms with Crippen molar-refractivity contribution in [3.63, 3.8) is 0 Å². The van der Waals surface area contributed by atoms with Crippen LogP contribution < -0.4 is 5.32 Å². The summed E-state index contributed by atoms with van der Waals surface area (Å²) >= 11 is 11.9. The summed E-state index contributed by atoms with van der Waals surface area (Å²) < 4.78 is 2.91. The number of nitro groups is 1. The highest BCUT2D eigenvalue weighted by Gasteiger charge is 2.17. The van der Waals surface area contributed by atoms with E-state index in [1.165, 1.54) is 16.9 Å². The van der Waals surface area contributed by atoms with Crippen LogP contribution in [0.5, 0.6) is 0 Å². The first-order valence-corrected chi connectivity index (χ1v) is 8.52. The van der Waals surface area contributed by atoms with Crippen LogP contribution in [0.3, 0.4) is 0 Å². The molecule has 3 rings (SSSR count). The van der Waals surface area contributed by atoms with Crippen LogP contribution in [0.2, 0.25) is 10.0 Å². The number of aryl methyl sites for hydroxylation is 1. The van der Waals surface area contributed by atoms with Crippen LogP contribution in [0.15, 0.2) is 36.7 Å². The predicted octanol–water partition coefficient (Wildman–Crippen LogP) is 3.29. The molecule has 140 valence electrons. The molecule has 1 amide bonds. The van der Waals surface area contributed by atoms with Gasteiger partial charge in [0.2, 0.25) is 5.91 Å². The molecule has 0 saturated carbocycles. The van der Waals surface area contributed by atoms with Gasteiger partial charge in [0.05, 0.1) is 45.3 Å². The molecule has 0 bridgehead atoms. The summed E-state index contributed by atoms with van der Waals surface area (Å²) in [5.41, 5.74) is 1.93. The molecule has 0 aliphatic carbocycles. The number of rotatable bonds is 6. The molecule has 11 heteroatoms. The molecule has 0 radical (unpaired) electrons. The Morgan fingerprint density at radius 3 is 2.74 bits per heavy atom. The lowest BCUT2D eigenvalue weighted by atomic mass is 10.2. The normalized spacial score (nSPS) is 10.8. The number of hydrogen-bond acceptors (Lipinski definition) is 5. The van der Waals surface area contributed by atoms with Gasteiger partial charge in [0.15, 0.2) is 0 Å².